The van der Waals surface area contributed by atoms with E-state index in [1.165, 1.54) is 35.5 Å². The molecule has 0 fully saturated rings. The lowest BCUT2D eigenvalue weighted by Gasteiger charge is -2.15. The highest BCUT2D eigenvalue weighted by molar-refractivity contribution is 6.43. The summed E-state index contributed by atoms with van der Waals surface area (Å²) in [5, 5.41) is 3.66. The van der Waals surface area contributed by atoms with Gasteiger partial charge in [-0.2, -0.15) is 0 Å². The molecule has 1 unspecified atom stereocenters. The van der Waals surface area contributed by atoms with Crippen LogP contribution in [0.4, 0.5) is 0 Å². The van der Waals surface area contributed by atoms with E-state index in [1.807, 2.05) is 12.2 Å². The topological polar surface area (TPSA) is 64.7 Å². The van der Waals surface area contributed by atoms with Crippen LogP contribution in [0.15, 0.2) is 76.0 Å². The molecule has 0 spiro atoms. The zero-order valence-corrected chi connectivity index (χ0v) is 19.9. The van der Waals surface area contributed by atoms with Crippen molar-refractivity contribution in [3.63, 3.8) is 0 Å². The number of fused-ring (bicyclic) bond motifs is 1. The Kier molecular flexibility index (Phi) is 8.36. The molecule has 2 aromatic rings. The third-order valence-corrected chi connectivity index (χ3v) is 6.07. The van der Waals surface area contributed by atoms with Crippen LogP contribution in [-0.2, 0) is 16.1 Å². The maximum Gasteiger partial charge on any atom is 0.195 e. The summed E-state index contributed by atoms with van der Waals surface area (Å²) in [4.78, 5) is 21.1. The Bertz CT molecular complexity index is 1130. The largest absolute Gasteiger partial charge is 0.441 e. The minimum absolute atomic E-state index is 0.0834. The van der Waals surface area contributed by atoms with E-state index in [2.05, 4.69) is 72.7 Å². The van der Waals surface area contributed by atoms with Crippen molar-refractivity contribution in [2.24, 2.45) is 5.16 Å². The second-order valence-corrected chi connectivity index (χ2v) is 8.22. The first-order valence-corrected chi connectivity index (χ1v) is 11.3. The molecule has 0 bridgehead atoms. The number of allylic oxidation sites excluding steroid dienone is 6. The van der Waals surface area contributed by atoms with Gasteiger partial charge in [0.15, 0.2) is 17.4 Å². The molecule has 1 aliphatic carbocycles. The summed E-state index contributed by atoms with van der Waals surface area (Å²) in [5.41, 5.74) is 6.57. The number of hydrogen-bond acceptors (Lipinski definition) is 5. The summed E-state index contributed by atoms with van der Waals surface area (Å²) in [6.07, 6.45) is 14.1. The number of Topliss-reactive ketones (excluding diaryl/α,β-unsaturated/α-hetero) is 1. The fourth-order valence-corrected chi connectivity index (χ4v) is 3.83. The van der Waals surface area contributed by atoms with E-state index in [0.717, 1.165) is 17.7 Å². The van der Waals surface area contributed by atoms with Gasteiger partial charge < -0.3 is 9.25 Å². The van der Waals surface area contributed by atoms with Crippen molar-refractivity contribution in [1.82, 2.24) is 4.98 Å². The number of aryl methyl sites for hydroxylation is 1. The van der Waals surface area contributed by atoms with Crippen LogP contribution < -0.4 is 0 Å². The number of oxime groups is 1. The second-order valence-electron chi connectivity index (χ2n) is 8.22. The van der Waals surface area contributed by atoms with Crippen molar-refractivity contribution >= 4 is 17.6 Å². The van der Waals surface area contributed by atoms with Gasteiger partial charge in [-0.25, -0.2) is 4.98 Å². The second kappa shape index (κ2) is 11.4. The molecule has 1 heterocycles. The van der Waals surface area contributed by atoms with Gasteiger partial charge in [-0.05, 0) is 50.0 Å². The highest BCUT2D eigenvalue weighted by Gasteiger charge is 2.17. The number of ketones is 1. The van der Waals surface area contributed by atoms with Crippen LogP contribution in [0.5, 0.6) is 0 Å². The van der Waals surface area contributed by atoms with Crippen LogP contribution in [0.1, 0.15) is 63.0 Å². The highest BCUT2D eigenvalue weighted by Crippen LogP contribution is 2.35. The molecule has 172 valence electrons. The highest BCUT2D eigenvalue weighted by atomic mass is 16.6. The smallest absolute Gasteiger partial charge is 0.195 e. The minimum atomic E-state index is -0.0834. The molecule has 1 aromatic carbocycles. The van der Waals surface area contributed by atoms with Crippen molar-refractivity contribution in [1.29, 1.82) is 0 Å². The zero-order chi connectivity index (χ0) is 23.8. The van der Waals surface area contributed by atoms with Gasteiger partial charge in [-0.15, -0.1) is 0 Å². The van der Waals surface area contributed by atoms with Gasteiger partial charge in [0, 0.05) is 24.3 Å². The predicted octanol–water partition coefficient (Wildman–Crippen LogP) is 6.83. The number of carbonyl (C=O) groups excluding carboxylic acids is 1. The van der Waals surface area contributed by atoms with E-state index in [0.29, 0.717) is 31.1 Å². The molecular weight excluding hydrogens is 412 g/mol. The van der Waals surface area contributed by atoms with Crippen molar-refractivity contribution in [2.75, 3.05) is 7.11 Å². The van der Waals surface area contributed by atoms with E-state index in [1.54, 1.807) is 6.20 Å². The Labute approximate surface area is 196 Å². The molecule has 1 atom stereocenters. The third-order valence-electron chi connectivity index (χ3n) is 6.07. The first-order chi connectivity index (χ1) is 15.9. The number of rotatable bonds is 10. The fourth-order valence-electron chi connectivity index (χ4n) is 3.83. The minimum Gasteiger partial charge on any atom is -0.441 e. The zero-order valence-electron chi connectivity index (χ0n) is 19.9. The first kappa shape index (κ1) is 24.2. The van der Waals surface area contributed by atoms with Crippen molar-refractivity contribution in [3.8, 4) is 11.3 Å². The molecule has 1 aromatic heterocycles. The van der Waals surface area contributed by atoms with Gasteiger partial charge in [-0.3, -0.25) is 4.79 Å². The Morgan fingerprint density at radius 3 is 2.79 bits per heavy atom. The van der Waals surface area contributed by atoms with Gasteiger partial charge in [0.25, 0.3) is 0 Å². The summed E-state index contributed by atoms with van der Waals surface area (Å²) < 4.78 is 6.00. The number of aromatic nitrogens is 1. The van der Waals surface area contributed by atoms with E-state index >= 15 is 0 Å². The lowest BCUT2D eigenvalue weighted by molar-refractivity contribution is -0.113. The van der Waals surface area contributed by atoms with Crippen LogP contribution in [0.2, 0.25) is 0 Å². The molecule has 0 saturated carbocycles. The molecule has 5 nitrogen and oxygen atoms in total. The van der Waals surface area contributed by atoms with E-state index < -0.39 is 0 Å². The average molecular weight is 445 g/mol. The first-order valence-electron chi connectivity index (χ1n) is 11.3. The number of nitrogens with zero attached hydrogens (tertiary/aromatic N) is 2. The molecular formula is C28H32N2O3. The monoisotopic (exact) mass is 444 g/mol. The molecule has 0 N–H and O–H groups in total. The maximum atomic E-state index is 12.0. The van der Waals surface area contributed by atoms with Crippen molar-refractivity contribution in [3.05, 3.63) is 83.4 Å². The van der Waals surface area contributed by atoms with Gasteiger partial charge in [0.2, 0.25) is 0 Å². The quantitative estimate of drug-likeness (QED) is 0.229. The van der Waals surface area contributed by atoms with Crippen LogP contribution in [-0.4, -0.2) is 23.6 Å². The number of hydrogen-bond donors (Lipinski definition) is 0. The molecule has 0 aliphatic heterocycles. The predicted molar refractivity (Wildman–Crippen MR) is 134 cm³/mol. The Balaban J connectivity index is 1.55. The van der Waals surface area contributed by atoms with E-state index in [4.69, 9.17) is 4.42 Å². The Morgan fingerprint density at radius 2 is 2.03 bits per heavy atom. The van der Waals surface area contributed by atoms with Crippen molar-refractivity contribution < 1.29 is 14.0 Å². The molecule has 1 aliphatic rings. The van der Waals surface area contributed by atoms with Gasteiger partial charge >= 0.3 is 0 Å². The lowest BCUT2D eigenvalue weighted by Crippen LogP contribution is -2.10. The summed E-state index contributed by atoms with van der Waals surface area (Å²) in [7, 11) is 1.41. The third kappa shape index (κ3) is 6.07. The summed E-state index contributed by atoms with van der Waals surface area (Å²) in [5.74, 6) is 1.80. The summed E-state index contributed by atoms with van der Waals surface area (Å²) in [6.45, 7) is 10.2. The SMILES string of the molecule is C=C/C(=N\OC)C(=O)CC/C=C/CCc1ncc(-c2ccc3c(c2)C=CC(C)=C(C)C3C)o1. The summed E-state index contributed by atoms with van der Waals surface area (Å²) in [6, 6.07) is 6.49. The Hall–Kier alpha value is -3.47. The molecule has 3 rings (SSSR count). The van der Waals surface area contributed by atoms with Crippen LogP contribution >= 0.6 is 0 Å². The average Bonchev–Trinajstić information content (AvgIpc) is 3.27. The maximum absolute atomic E-state index is 12.0. The lowest BCUT2D eigenvalue weighted by atomic mass is 9.89. The number of oxazole rings is 1. The molecule has 0 amide bonds. The fraction of sp³-hybridized carbons (Fsp3) is 0.321. The van der Waals surface area contributed by atoms with Gasteiger partial charge in [0.1, 0.15) is 12.8 Å². The molecule has 5 heteroatoms. The van der Waals surface area contributed by atoms with Crippen molar-refractivity contribution in [2.45, 2.75) is 52.4 Å². The van der Waals surface area contributed by atoms with Gasteiger partial charge in [-0.1, -0.05) is 66.2 Å². The standard InChI is InChI=1S/C28H32N2O3/c1-6-25(30-32-5)26(31)11-9-7-8-10-12-28-29-18-27(33-28)23-15-16-24-21(4)20(3)19(2)13-14-22(24)17-23/h6-8,13-18,21H,1,9-12H2,2-5H3/b8-7+,30-25+. The normalized spacial score (nSPS) is 16.1. The molecule has 0 radical (unpaired) electrons. The Morgan fingerprint density at radius 1 is 1.24 bits per heavy atom. The van der Waals surface area contributed by atoms with Crippen LogP contribution in [0, 0.1) is 0 Å². The van der Waals surface area contributed by atoms with E-state index in [9.17, 15) is 4.79 Å². The summed E-state index contributed by atoms with van der Waals surface area (Å²) >= 11 is 0. The molecule has 0 saturated heterocycles. The molecule has 33 heavy (non-hydrogen) atoms. The number of benzene rings is 1. The number of carbonyl (C=O) groups is 1. The van der Waals surface area contributed by atoms with Crippen LogP contribution in [0.3, 0.4) is 0 Å². The van der Waals surface area contributed by atoms with Crippen LogP contribution in [0.25, 0.3) is 17.4 Å². The van der Waals surface area contributed by atoms with E-state index in [-0.39, 0.29) is 11.5 Å². The van der Waals surface area contributed by atoms with Gasteiger partial charge in [0.05, 0.1) is 6.20 Å².